The highest BCUT2D eigenvalue weighted by molar-refractivity contribution is 9.10. The second-order valence-electron chi connectivity index (χ2n) is 4.50. The monoisotopic (exact) mass is 320 g/mol. The van der Waals surface area contributed by atoms with E-state index in [-0.39, 0.29) is 6.61 Å². The molecule has 0 fully saturated rings. The summed E-state index contributed by atoms with van der Waals surface area (Å²) in [6, 6.07) is 13.5. The molecule has 2 rings (SSSR count). The van der Waals surface area contributed by atoms with Crippen LogP contribution in [0.15, 0.2) is 46.9 Å². The molecule has 0 aliphatic rings. The van der Waals surface area contributed by atoms with Crippen molar-refractivity contribution in [3.8, 4) is 0 Å². The predicted octanol–water partition coefficient (Wildman–Crippen LogP) is 3.59. The SMILES string of the molecule is CCc1ccc(C(O)c2cc(Br)ccc2CO)cc1. The van der Waals surface area contributed by atoms with Crippen molar-refractivity contribution in [1.29, 1.82) is 0 Å². The summed E-state index contributed by atoms with van der Waals surface area (Å²) in [6.45, 7) is 2.02. The van der Waals surface area contributed by atoms with Gasteiger partial charge < -0.3 is 10.2 Å². The quantitative estimate of drug-likeness (QED) is 0.903. The van der Waals surface area contributed by atoms with E-state index in [0.717, 1.165) is 27.6 Å². The van der Waals surface area contributed by atoms with E-state index in [0.29, 0.717) is 0 Å². The minimum absolute atomic E-state index is 0.0767. The highest BCUT2D eigenvalue weighted by Gasteiger charge is 2.14. The summed E-state index contributed by atoms with van der Waals surface area (Å²) in [5.41, 5.74) is 3.56. The Kier molecular flexibility index (Phi) is 4.75. The first-order valence-corrected chi connectivity index (χ1v) is 7.11. The third kappa shape index (κ3) is 3.24. The molecule has 1 atom stereocenters. The molecule has 0 saturated heterocycles. The van der Waals surface area contributed by atoms with Gasteiger partial charge in [0.25, 0.3) is 0 Å². The summed E-state index contributed by atoms with van der Waals surface area (Å²) in [7, 11) is 0. The zero-order chi connectivity index (χ0) is 13.8. The Hall–Kier alpha value is -1.16. The second kappa shape index (κ2) is 6.33. The number of benzene rings is 2. The van der Waals surface area contributed by atoms with Gasteiger partial charge in [0.15, 0.2) is 0 Å². The van der Waals surface area contributed by atoms with Crippen LogP contribution in [0.5, 0.6) is 0 Å². The van der Waals surface area contributed by atoms with Crippen molar-refractivity contribution >= 4 is 15.9 Å². The molecule has 0 saturated carbocycles. The standard InChI is InChI=1S/C16H17BrO2/c1-2-11-3-5-12(6-4-11)16(19)15-9-14(17)8-7-13(15)10-18/h3-9,16,18-19H,2,10H2,1H3. The van der Waals surface area contributed by atoms with Crippen molar-refractivity contribution in [1.82, 2.24) is 0 Å². The third-order valence-electron chi connectivity index (χ3n) is 3.28. The molecule has 1 unspecified atom stereocenters. The number of rotatable bonds is 4. The third-order valence-corrected chi connectivity index (χ3v) is 3.77. The number of halogens is 1. The van der Waals surface area contributed by atoms with Gasteiger partial charge in [0.1, 0.15) is 6.10 Å². The number of aliphatic hydroxyl groups excluding tert-OH is 2. The van der Waals surface area contributed by atoms with Crippen LogP contribution in [-0.2, 0) is 13.0 Å². The second-order valence-corrected chi connectivity index (χ2v) is 5.41. The summed E-state index contributed by atoms with van der Waals surface area (Å²) >= 11 is 3.40. The van der Waals surface area contributed by atoms with Gasteiger partial charge in [-0.3, -0.25) is 0 Å². The van der Waals surface area contributed by atoms with Crippen LogP contribution in [-0.4, -0.2) is 10.2 Å². The molecule has 2 nitrogen and oxygen atoms in total. The van der Waals surface area contributed by atoms with E-state index in [2.05, 4.69) is 22.9 Å². The molecule has 100 valence electrons. The first-order chi connectivity index (χ1) is 9.15. The van der Waals surface area contributed by atoms with Gasteiger partial charge in [-0.1, -0.05) is 53.2 Å². The minimum Gasteiger partial charge on any atom is -0.392 e. The summed E-state index contributed by atoms with van der Waals surface area (Å²) in [6.07, 6.45) is 0.264. The smallest absolute Gasteiger partial charge is 0.104 e. The van der Waals surface area contributed by atoms with E-state index in [1.54, 1.807) is 0 Å². The Morgan fingerprint density at radius 3 is 2.37 bits per heavy atom. The van der Waals surface area contributed by atoms with Gasteiger partial charge in [0.05, 0.1) is 6.61 Å². The van der Waals surface area contributed by atoms with Crippen LogP contribution in [0.25, 0.3) is 0 Å². The van der Waals surface area contributed by atoms with Gasteiger partial charge in [-0.15, -0.1) is 0 Å². The Morgan fingerprint density at radius 1 is 1.11 bits per heavy atom. The topological polar surface area (TPSA) is 40.5 Å². The molecule has 2 aromatic carbocycles. The van der Waals surface area contributed by atoms with Crippen LogP contribution in [0.3, 0.4) is 0 Å². The Morgan fingerprint density at radius 2 is 1.79 bits per heavy atom. The molecule has 19 heavy (non-hydrogen) atoms. The molecule has 2 N–H and O–H groups in total. The minimum atomic E-state index is -0.717. The van der Waals surface area contributed by atoms with Crippen LogP contribution >= 0.6 is 15.9 Å². The first kappa shape index (κ1) is 14.3. The lowest BCUT2D eigenvalue weighted by atomic mass is 9.96. The lowest BCUT2D eigenvalue weighted by molar-refractivity contribution is 0.213. The van der Waals surface area contributed by atoms with E-state index >= 15 is 0 Å². The molecule has 0 radical (unpaired) electrons. The van der Waals surface area contributed by atoms with Crippen molar-refractivity contribution in [2.24, 2.45) is 0 Å². The number of hydrogen-bond acceptors (Lipinski definition) is 2. The van der Waals surface area contributed by atoms with E-state index in [1.807, 2.05) is 42.5 Å². The van der Waals surface area contributed by atoms with Gasteiger partial charge in [-0.2, -0.15) is 0 Å². The molecular formula is C16H17BrO2. The van der Waals surface area contributed by atoms with E-state index in [9.17, 15) is 10.2 Å². The van der Waals surface area contributed by atoms with Gasteiger partial charge >= 0.3 is 0 Å². The number of hydrogen-bond donors (Lipinski definition) is 2. The molecule has 0 bridgehead atoms. The van der Waals surface area contributed by atoms with Crippen molar-refractivity contribution in [2.75, 3.05) is 0 Å². The summed E-state index contributed by atoms with van der Waals surface area (Å²) in [4.78, 5) is 0. The van der Waals surface area contributed by atoms with Crippen molar-refractivity contribution in [2.45, 2.75) is 26.1 Å². The Balaban J connectivity index is 2.36. The van der Waals surface area contributed by atoms with Gasteiger partial charge in [0.2, 0.25) is 0 Å². The maximum Gasteiger partial charge on any atom is 0.104 e. The van der Waals surface area contributed by atoms with E-state index in [1.165, 1.54) is 5.56 Å². The number of aliphatic hydroxyl groups is 2. The van der Waals surface area contributed by atoms with Crippen molar-refractivity contribution in [3.63, 3.8) is 0 Å². The zero-order valence-electron chi connectivity index (χ0n) is 10.8. The van der Waals surface area contributed by atoms with Crippen LogP contribution in [0, 0.1) is 0 Å². The molecule has 0 aliphatic carbocycles. The van der Waals surface area contributed by atoms with E-state index < -0.39 is 6.10 Å². The largest absolute Gasteiger partial charge is 0.392 e. The number of aryl methyl sites for hydroxylation is 1. The Labute approximate surface area is 121 Å². The van der Waals surface area contributed by atoms with Gasteiger partial charge in [-0.25, -0.2) is 0 Å². The van der Waals surface area contributed by atoms with Crippen molar-refractivity contribution < 1.29 is 10.2 Å². The van der Waals surface area contributed by atoms with Crippen LogP contribution in [0.4, 0.5) is 0 Å². The average Bonchev–Trinajstić information content (AvgIpc) is 2.46. The fourth-order valence-corrected chi connectivity index (χ4v) is 2.46. The summed E-state index contributed by atoms with van der Waals surface area (Å²) < 4.78 is 0.893. The van der Waals surface area contributed by atoms with Crippen LogP contribution < -0.4 is 0 Å². The molecule has 3 heteroatoms. The first-order valence-electron chi connectivity index (χ1n) is 6.31. The average molecular weight is 321 g/mol. The molecule has 0 heterocycles. The fourth-order valence-electron chi connectivity index (χ4n) is 2.08. The lowest BCUT2D eigenvalue weighted by Gasteiger charge is -2.16. The maximum absolute atomic E-state index is 10.5. The van der Waals surface area contributed by atoms with E-state index in [4.69, 9.17) is 0 Å². The van der Waals surface area contributed by atoms with Gasteiger partial charge in [-0.05, 0) is 40.8 Å². The molecule has 0 amide bonds. The summed E-state index contributed by atoms with van der Waals surface area (Å²) in [5, 5.41) is 19.8. The highest BCUT2D eigenvalue weighted by Crippen LogP contribution is 2.28. The van der Waals surface area contributed by atoms with Crippen LogP contribution in [0.2, 0.25) is 0 Å². The molecule has 0 spiro atoms. The lowest BCUT2D eigenvalue weighted by Crippen LogP contribution is -2.04. The van der Waals surface area contributed by atoms with Gasteiger partial charge in [0, 0.05) is 4.47 Å². The molecular weight excluding hydrogens is 304 g/mol. The molecule has 0 aliphatic heterocycles. The molecule has 2 aromatic rings. The predicted molar refractivity (Wildman–Crippen MR) is 79.9 cm³/mol. The summed E-state index contributed by atoms with van der Waals surface area (Å²) in [5.74, 6) is 0. The van der Waals surface area contributed by atoms with Crippen molar-refractivity contribution in [3.05, 3.63) is 69.2 Å². The Bertz CT molecular complexity index is 549. The highest BCUT2D eigenvalue weighted by atomic mass is 79.9. The molecule has 0 aromatic heterocycles. The maximum atomic E-state index is 10.5. The van der Waals surface area contributed by atoms with Crippen LogP contribution in [0.1, 0.15) is 35.3 Å². The zero-order valence-corrected chi connectivity index (χ0v) is 12.4. The normalized spacial score (nSPS) is 12.4. The fraction of sp³-hybridized carbons (Fsp3) is 0.250.